The molecule has 1 rings (SSSR count). The first kappa shape index (κ1) is 12.4. The van der Waals surface area contributed by atoms with E-state index in [1.807, 2.05) is 0 Å². The maximum Gasteiger partial charge on any atom is 0.269 e. The predicted molar refractivity (Wildman–Crippen MR) is 61.3 cm³/mol. The quantitative estimate of drug-likeness (QED) is 0.617. The molecule has 0 fully saturated rings. The first-order valence-electron chi connectivity index (χ1n) is 4.54. The van der Waals surface area contributed by atoms with E-state index in [2.05, 4.69) is 5.32 Å². The van der Waals surface area contributed by atoms with Crippen LogP contribution in [0.15, 0.2) is 24.3 Å². The first-order chi connectivity index (χ1) is 7.38. The molecule has 0 heterocycles. The highest BCUT2D eigenvalue weighted by molar-refractivity contribution is 7.90. The van der Waals surface area contributed by atoms with Crippen LogP contribution in [-0.2, 0) is 9.84 Å². The molecule has 0 saturated carbocycles. The molecule has 1 aromatic rings. The van der Waals surface area contributed by atoms with Crippen molar-refractivity contribution in [2.45, 2.75) is 0 Å². The minimum Gasteiger partial charge on any atom is -0.384 e. The van der Waals surface area contributed by atoms with Crippen molar-refractivity contribution in [3.05, 3.63) is 34.4 Å². The lowest BCUT2D eigenvalue weighted by atomic mass is 10.3. The third-order valence-electron chi connectivity index (χ3n) is 1.88. The Morgan fingerprint density at radius 1 is 1.31 bits per heavy atom. The zero-order chi connectivity index (χ0) is 12.2. The van der Waals surface area contributed by atoms with Crippen LogP contribution in [0.25, 0.3) is 0 Å². The van der Waals surface area contributed by atoms with Gasteiger partial charge < -0.3 is 5.32 Å². The molecule has 0 aliphatic rings. The van der Waals surface area contributed by atoms with Gasteiger partial charge in [0.2, 0.25) is 0 Å². The highest BCUT2D eigenvalue weighted by Gasteiger charge is 2.04. The number of nitrogens with one attached hydrogen (secondary N) is 1. The molecule has 0 unspecified atom stereocenters. The van der Waals surface area contributed by atoms with Crippen LogP contribution in [0.2, 0.25) is 0 Å². The molecule has 88 valence electrons. The number of nitro groups is 1. The summed E-state index contributed by atoms with van der Waals surface area (Å²) in [6, 6.07) is 5.81. The number of benzene rings is 1. The molecule has 0 bridgehead atoms. The van der Waals surface area contributed by atoms with E-state index in [-0.39, 0.29) is 18.0 Å². The molecule has 0 spiro atoms. The first-order valence-corrected chi connectivity index (χ1v) is 6.60. The second kappa shape index (κ2) is 4.93. The number of nitro benzene ring substituents is 1. The molecular weight excluding hydrogens is 232 g/mol. The van der Waals surface area contributed by atoms with Crippen LogP contribution in [0, 0.1) is 10.1 Å². The van der Waals surface area contributed by atoms with Crippen LogP contribution in [0.5, 0.6) is 0 Å². The molecule has 0 atom stereocenters. The monoisotopic (exact) mass is 244 g/mol. The summed E-state index contributed by atoms with van der Waals surface area (Å²) in [5, 5.41) is 13.2. The van der Waals surface area contributed by atoms with Gasteiger partial charge in [0.05, 0.1) is 10.7 Å². The Hall–Kier alpha value is -1.63. The number of nitrogens with zero attached hydrogens (tertiary/aromatic N) is 1. The number of rotatable bonds is 5. The molecule has 0 aliphatic carbocycles. The average molecular weight is 244 g/mol. The maximum atomic E-state index is 10.8. The molecule has 0 saturated heterocycles. The lowest BCUT2D eigenvalue weighted by Gasteiger charge is -2.04. The smallest absolute Gasteiger partial charge is 0.269 e. The molecule has 1 N–H and O–H groups in total. The fourth-order valence-corrected chi connectivity index (χ4v) is 1.55. The van der Waals surface area contributed by atoms with Crippen molar-refractivity contribution in [1.82, 2.24) is 0 Å². The third-order valence-corrected chi connectivity index (χ3v) is 2.83. The van der Waals surface area contributed by atoms with Gasteiger partial charge in [-0.05, 0) is 12.1 Å². The van der Waals surface area contributed by atoms with Crippen LogP contribution in [0.3, 0.4) is 0 Å². The molecule has 0 aromatic heterocycles. The van der Waals surface area contributed by atoms with E-state index in [0.717, 1.165) is 6.26 Å². The number of non-ortho nitro benzene ring substituents is 1. The van der Waals surface area contributed by atoms with Gasteiger partial charge in [0, 0.05) is 30.6 Å². The highest BCUT2D eigenvalue weighted by Crippen LogP contribution is 2.14. The Morgan fingerprint density at radius 2 is 1.88 bits per heavy atom. The van der Waals surface area contributed by atoms with Gasteiger partial charge in [-0.1, -0.05) is 0 Å². The van der Waals surface area contributed by atoms with Crippen molar-refractivity contribution in [1.29, 1.82) is 0 Å². The summed E-state index contributed by atoms with van der Waals surface area (Å²) in [6.45, 7) is 0.288. The van der Waals surface area contributed by atoms with Crippen molar-refractivity contribution in [2.75, 3.05) is 23.9 Å². The summed E-state index contributed by atoms with van der Waals surface area (Å²) < 4.78 is 21.7. The van der Waals surface area contributed by atoms with Crippen molar-refractivity contribution >= 4 is 21.2 Å². The van der Waals surface area contributed by atoms with Crippen molar-refractivity contribution < 1.29 is 13.3 Å². The second-order valence-electron chi connectivity index (χ2n) is 3.36. The standard InChI is InChI=1S/C9H12N2O4S/c1-16(14,15)7-6-10-8-2-4-9(5-3-8)11(12)13/h2-5,10H,6-7H2,1H3. The van der Waals surface area contributed by atoms with E-state index < -0.39 is 14.8 Å². The summed E-state index contributed by atoms with van der Waals surface area (Å²) in [4.78, 5) is 9.88. The molecule has 0 amide bonds. The van der Waals surface area contributed by atoms with Crippen LogP contribution >= 0.6 is 0 Å². The molecule has 0 aliphatic heterocycles. The van der Waals surface area contributed by atoms with Crippen molar-refractivity contribution in [2.24, 2.45) is 0 Å². The van der Waals surface area contributed by atoms with Crippen LogP contribution in [-0.4, -0.2) is 31.9 Å². The summed E-state index contributed by atoms with van der Waals surface area (Å²) in [5.74, 6) is 0.0317. The summed E-state index contributed by atoms with van der Waals surface area (Å²) in [6.07, 6.45) is 1.16. The Labute approximate surface area is 93.4 Å². The molecule has 0 radical (unpaired) electrons. The highest BCUT2D eigenvalue weighted by atomic mass is 32.2. The number of anilines is 1. The normalized spacial score (nSPS) is 11.1. The predicted octanol–water partition coefficient (Wildman–Crippen LogP) is 1.05. The summed E-state index contributed by atoms with van der Waals surface area (Å²) in [5.41, 5.74) is 0.669. The lowest BCUT2D eigenvalue weighted by molar-refractivity contribution is -0.384. The second-order valence-corrected chi connectivity index (χ2v) is 5.62. The maximum absolute atomic E-state index is 10.8. The van der Waals surface area contributed by atoms with Crippen LogP contribution in [0.4, 0.5) is 11.4 Å². The van der Waals surface area contributed by atoms with Crippen molar-refractivity contribution in [3.8, 4) is 0 Å². The molecular formula is C9H12N2O4S. The summed E-state index contributed by atoms with van der Waals surface area (Å²) in [7, 11) is -2.99. The average Bonchev–Trinajstić information content (AvgIpc) is 2.16. The van der Waals surface area contributed by atoms with E-state index in [0.29, 0.717) is 5.69 Å². The van der Waals surface area contributed by atoms with Gasteiger partial charge in [-0.15, -0.1) is 0 Å². The van der Waals surface area contributed by atoms with Gasteiger partial charge in [0.15, 0.2) is 0 Å². The molecule has 6 nitrogen and oxygen atoms in total. The number of hydrogen-bond donors (Lipinski definition) is 1. The van der Waals surface area contributed by atoms with Gasteiger partial charge in [0.1, 0.15) is 9.84 Å². The topological polar surface area (TPSA) is 89.3 Å². The van der Waals surface area contributed by atoms with Gasteiger partial charge in [0.25, 0.3) is 5.69 Å². The van der Waals surface area contributed by atoms with Gasteiger partial charge in [-0.25, -0.2) is 8.42 Å². The zero-order valence-corrected chi connectivity index (χ0v) is 9.53. The number of hydrogen-bond acceptors (Lipinski definition) is 5. The Bertz CT molecular complexity index is 467. The van der Waals surface area contributed by atoms with Gasteiger partial charge in [-0.3, -0.25) is 10.1 Å². The van der Waals surface area contributed by atoms with E-state index in [1.54, 1.807) is 12.1 Å². The fourth-order valence-electron chi connectivity index (χ4n) is 1.08. The van der Waals surface area contributed by atoms with Gasteiger partial charge in [-0.2, -0.15) is 0 Å². The Morgan fingerprint density at radius 3 is 2.31 bits per heavy atom. The van der Waals surface area contributed by atoms with E-state index in [1.165, 1.54) is 12.1 Å². The largest absolute Gasteiger partial charge is 0.384 e. The van der Waals surface area contributed by atoms with E-state index in [4.69, 9.17) is 0 Å². The number of sulfone groups is 1. The SMILES string of the molecule is CS(=O)(=O)CCNc1ccc([N+](=O)[O-])cc1. The Balaban J connectivity index is 2.53. The van der Waals surface area contributed by atoms with Crippen molar-refractivity contribution in [3.63, 3.8) is 0 Å². The summed E-state index contributed by atoms with van der Waals surface area (Å²) >= 11 is 0. The van der Waals surface area contributed by atoms with Gasteiger partial charge >= 0.3 is 0 Å². The Kier molecular flexibility index (Phi) is 3.83. The third kappa shape index (κ3) is 4.26. The molecule has 1 aromatic carbocycles. The van der Waals surface area contributed by atoms with Crippen LogP contribution in [0.1, 0.15) is 0 Å². The minimum absolute atomic E-state index is 0.00802. The van der Waals surface area contributed by atoms with E-state index in [9.17, 15) is 18.5 Å². The molecule has 7 heteroatoms. The van der Waals surface area contributed by atoms with Crippen LogP contribution < -0.4 is 5.32 Å². The van der Waals surface area contributed by atoms with E-state index >= 15 is 0 Å². The zero-order valence-electron chi connectivity index (χ0n) is 8.71. The molecule has 16 heavy (non-hydrogen) atoms. The lowest BCUT2D eigenvalue weighted by Crippen LogP contribution is -2.13. The minimum atomic E-state index is -2.99. The fraction of sp³-hybridized carbons (Fsp3) is 0.333.